The van der Waals surface area contributed by atoms with Crippen LogP contribution in [0.2, 0.25) is 0 Å². The second kappa shape index (κ2) is 3.48. The smallest absolute Gasteiger partial charge is 0.0882 e. The minimum atomic E-state index is 0.692. The molecule has 0 atom stereocenters. The SMILES string of the molecule is NCCNc1cccs1. The Bertz CT molecular complexity index is 148. The van der Waals surface area contributed by atoms with Gasteiger partial charge >= 0.3 is 0 Å². The van der Waals surface area contributed by atoms with Crippen LogP contribution in [0.15, 0.2) is 17.5 Å². The molecule has 0 aromatic carbocycles. The van der Waals surface area contributed by atoms with E-state index in [-0.39, 0.29) is 0 Å². The Balaban J connectivity index is 2.30. The fourth-order valence-electron chi connectivity index (χ4n) is 0.575. The number of hydrogen-bond acceptors (Lipinski definition) is 3. The van der Waals surface area contributed by atoms with E-state index in [9.17, 15) is 0 Å². The third-order valence-corrected chi connectivity index (χ3v) is 1.79. The molecule has 0 radical (unpaired) electrons. The monoisotopic (exact) mass is 142 g/mol. The molecule has 0 aliphatic carbocycles. The van der Waals surface area contributed by atoms with Crippen molar-refractivity contribution in [1.82, 2.24) is 0 Å². The van der Waals surface area contributed by atoms with E-state index < -0.39 is 0 Å². The van der Waals surface area contributed by atoms with Gasteiger partial charge in [-0.2, -0.15) is 0 Å². The number of nitrogens with two attached hydrogens (primary N) is 1. The summed E-state index contributed by atoms with van der Waals surface area (Å²) >= 11 is 1.70. The number of rotatable bonds is 3. The molecule has 1 heterocycles. The highest BCUT2D eigenvalue weighted by molar-refractivity contribution is 7.14. The van der Waals surface area contributed by atoms with Crippen molar-refractivity contribution in [2.24, 2.45) is 5.73 Å². The minimum absolute atomic E-state index is 0.692. The van der Waals surface area contributed by atoms with Crippen LogP contribution in [-0.4, -0.2) is 13.1 Å². The molecule has 50 valence electrons. The van der Waals surface area contributed by atoms with Gasteiger partial charge in [-0.05, 0) is 17.5 Å². The Morgan fingerprint density at radius 3 is 3.11 bits per heavy atom. The van der Waals surface area contributed by atoms with Crippen molar-refractivity contribution in [3.05, 3.63) is 17.5 Å². The lowest BCUT2D eigenvalue weighted by Gasteiger charge is -1.97. The predicted octanol–water partition coefficient (Wildman–Crippen LogP) is 1.12. The molecule has 0 saturated heterocycles. The zero-order chi connectivity index (χ0) is 6.53. The highest BCUT2D eigenvalue weighted by Crippen LogP contribution is 2.13. The first kappa shape index (κ1) is 6.58. The van der Waals surface area contributed by atoms with Crippen LogP contribution in [0.1, 0.15) is 0 Å². The van der Waals surface area contributed by atoms with Crippen LogP contribution in [0.3, 0.4) is 0 Å². The van der Waals surface area contributed by atoms with Gasteiger partial charge in [0, 0.05) is 13.1 Å². The van der Waals surface area contributed by atoms with Gasteiger partial charge in [0.1, 0.15) is 0 Å². The van der Waals surface area contributed by atoms with Crippen LogP contribution >= 0.6 is 11.3 Å². The van der Waals surface area contributed by atoms with Crippen molar-refractivity contribution in [3.63, 3.8) is 0 Å². The van der Waals surface area contributed by atoms with Crippen LogP contribution in [-0.2, 0) is 0 Å². The fraction of sp³-hybridized carbons (Fsp3) is 0.333. The summed E-state index contributed by atoms with van der Waals surface area (Å²) in [6, 6.07) is 4.06. The van der Waals surface area contributed by atoms with Crippen molar-refractivity contribution < 1.29 is 0 Å². The Labute approximate surface area is 58.7 Å². The van der Waals surface area contributed by atoms with Crippen LogP contribution in [0.4, 0.5) is 5.00 Å². The quantitative estimate of drug-likeness (QED) is 0.663. The zero-order valence-corrected chi connectivity index (χ0v) is 5.95. The normalized spacial score (nSPS) is 9.44. The molecular formula is C6H10N2S. The molecule has 3 N–H and O–H groups in total. The van der Waals surface area contributed by atoms with Gasteiger partial charge in [-0.1, -0.05) is 0 Å². The molecule has 0 aliphatic heterocycles. The van der Waals surface area contributed by atoms with Crippen molar-refractivity contribution in [2.75, 3.05) is 18.4 Å². The molecule has 3 heteroatoms. The summed E-state index contributed by atoms with van der Waals surface area (Å²) in [5.74, 6) is 0. The summed E-state index contributed by atoms with van der Waals surface area (Å²) < 4.78 is 0. The van der Waals surface area contributed by atoms with E-state index in [0.29, 0.717) is 6.54 Å². The molecule has 1 rings (SSSR count). The summed E-state index contributed by atoms with van der Waals surface area (Å²) in [6.45, 7) is 1.55. The fourth-order valence-corrected chi connectivity index (χ4v) is 1.22. The summed E-state index contributed by atoms with van der Waals surface area (Å²) in [5, 5.41) is 6.40. The van der Waals surface area contributed by atoms with Crippen molar-refractivity contribution in [2.45, 2.75) is 0 Å². The van der Waals surface area contributed by atoms with Gasteiger partial charge in [0.25, 0.3) is 0 Å². The zero-order valence-electron chi connectivity index (χ0n) is 5.13. The highest BCUT2D eigenvalue weighted by Gasteiger charge is 1.86. The van der Waals surface area contributed by atoms with E-state index in [1.807, 2.05) is 17.5 Å². The molecule has 0 unspecified atom stereocenters. The molecule has 0 amide bonds. The lowest BCUT2D eigenvalue weighted by atomic mass is 10.6. The van der Waals surface area contributed by atoms with Crippen LogP contribution in [0.5, 0.6) is 0 Å². The van der Waals surface area contributed by atoms with Gasteiger partial charge in [0.2, 0.25) is 0 Å². The van der Waals surface area contributed by atoms with Crippen molar-refractivity contribution in [1.29, 1.82) is 0 Å². The summed E-state index contributed by atoms with van der Waals surface area (Å²) in [4.78, 5) is 0. The summed E-state index contributed by atoms with van der Waals surface area (Å²) in [7, 11) is 0. The highest BCUT2D eigenvalue weighted by atomic mass is 32.1. The Hall–Kier alpha value is -0.540. The predicted molar refractivity (Wildman–Crippen MR) is 41.9 cm³/mol. The standard InChI is InChI=1S/C6H10N2S/c7-3-4-8-6-2-1-5-9-6/h1-2,5,8H,3-4,7H2. The second-order valence-corrected chi connectivity index (χ2v) is 2.64. The molecule has 1 aromatic heterocycles. The maximum atomic E-state index is 5.29. The van der Waals surface area contributed by atoms with Crippen LogP contribution in [0, 0.1) is 0 Å². The lowest BCUT2D eigenvalue weighted by Crippen LogP contribution is -2.12. The molecule has 1 aromatic rings. The number of nitrogens with one attached hydrogen (secondary N) is 1. The van der Waals surface area contributed by atoms with E-state index in [1.54, 1.807) is 11.3 Å². The average molecular weight is 142 g/mol. The minimum Gasteiger partial charge on any atom is -0.376 e. The molecular weight excluding hydrogens is 132 g/mol. The van der Waals surface area contributed by atoms with E-state index in [1.165, 1.54) is 5.00 Å². The van der Waals surface area contributed by atoms with Crippen molar-refractivity contribution in [3.8, 4) is 0 Å². The van der Waals surface area contributed by atoms with E-state index in [0.717, 1.165) is 6.54 Å². The van der Waals surface area contributed by atoms with Gasteiger partial charge in [0.05, 0.1) is 5.00 Å². The molecule has 0 bridgehead atoms. The lowest BCUT2D eigenvalue weighted by molar-refractivity contribution is 1.03. The van der Waals surface area contributed by atoms with Crippen LogP contribution < -0.4 is 11.1 Å². The van der Waals surface area contributed by atoms with Gasteiger partial charge in [-0.15, -0.1) is 11.3 Å². The maximum absolute atomic E-state index is 5.29. The molecule has 0 aliphatic rings. The van der Waals surface area contributed by atoms with E-state index in [2.05, 4.69) is 5.32 Å². The van der Waals surface area contributed by atoms with Gasteiger partial charge in [0.15, 0.2) is 0 Å². The summed E-state index contributed by atoms with van der Waals surface area (Å²) in [6.07, 6.45) is 0. The first-order valence-corrected chi connectivity index (χ1v) is 3.79. The Kier molecular flexibility index (Phi) is 2.54. The molecule has 9 heavy (non-hydrogen) atoms. The molecule has 0 fully saturated rings. The third-order valence-electron chi connectivity index (χ3n) is 0.965. The molecule has 2 nitrogen and oxygen atoms in total. The maximum Gasteiger partial charge on any atom is 0.0882 e. The number of thiophene rings is 1. The molecule has 0 saturated carbocycles. The first-order valence-electron chi connectivity index (χ1n) is 2.91. The largest absolute Gasteiger partial charge is 0.376 e. The first-order chi connectivity index (χ1) is 4.43. The number of anilines is 1. The Morgan fingerprint density at radius 2 is 2.56 bits per heavy atom. The third kappa shape index (κ3) is 2.03. The topological polar surface area (TPSA) is 38.0 Å². The van der Waals surface area contributed by atoms with Gasteiger partial charge in [-0.3, -0.25) is 0 Å². The average Bonchev–Trinajstić information content (AvgIpc) is 2.34. The second-order valence-electron chi connectivity index (χ2n) is 1.69. The van der Waals surface area contributed by atoms with E-state index >= 15 is 0 Å². The number of hydrogen-bond donors (Lipinski definition) is 2. The van der Waals surface area contributed by atoms with Gasteiger partial charge in [-0.25, -0.2) is 0 Å². The summed E-state index contributed by atoms with van der Waals surface area (Å²) in [5.41, 5.74) is 5.29. The Morgan fingerprint density at radius 1 is 1.67 bits per heavy atom. The van der Waals surface area contributed by atoms with Crippen LogP contribution in [0.25, 0.3) is 0 Å². The van der Waals surface area contributed by atoms with E-state index in [4.69, 9.17) is 5.73 Å². The molecule has 0 spiro atoms. The van der Waals surface area contributed by atoms with Gasteiger partial charge < -0.3 is 11.1 Å². The van der Waals surface area contributed by atoms with Crippen molar-refractivity contribution >= 4 is 16.3 Å².